The van der Waals surface area contributed by atoms with Crippen molar-refractivity contribution in [3.63, 3.8) is 0 Å². The van der Waals surface area contributed by atoms with Gasteiger partial charge in [0.05, 0.1) is 11.7 Å². The lowest BCUT2D eigenvalue weighted by atomic mass is 10.0. The van der Waals surface area contributed by atoms with Gasteiger partial charge in [-0.15, -0.1) is 0 Å². The number of benzene rings is 1. The molecule has 0 saturated carbocycles. The zero-order valence-corrected chi connectivity index (χ0v) is 17.8. The summed E-state index contributed by atoms with van der Waals surface area (Å²) >= 11 is 9.02. The number of nitrogens with zero attached hydrogens (tertiary/aromatic N) is 2. The van der Waals surface area contributed by atoms with Gasteiger partial charge in [0.15, 0.2) is 5.11 Å². The van der Waals surface area contributed by atoms with Crippen LogP contribution >= 0.6 is 28.1 Å². The van der Waals surface area contributed by atoms with Gasteiger partial charge in [0.2, 0.25) is 0 Å². The van der Waals surface area contributed by atoms with E-state index in [1.165, 1.54) is 12.1 Å². The largest absolute Gasteiger partial charge is 0.459 e. The van der Waals surface area contributed by atoms with E-state index in [0.29, 0.717) is 15.3 Å². The molecular weight excluding hydrogens is 441 g/mol. The van der Waals surface area contributed by atoms with E-state index >= 15 is 0 Å². The SMILES string of the molecule is CC(C)N1C(=S)N[C@@H](c2ccccn2)[C@H]1c1ccc(-c2ccc(F)cc2Br)o1. The molecule has 3 heterocycles. The lowest BCUT2D eigenvalue weighted by Crippen LogP contribution is -2.35. The highest BCUT2D eigenvalue weighted by Gasteiger charge is 2.42. The van der Waals surface area contributed by atoms with Crippen LogP contribution in [0.25, 0.3) is 11.3 Å². The number of halogens is 2. The van der Waals surface area contributed by atoms with E-state index in [9.17, 15) is 4.39 Å². The molecule has 1 aliphatic rings. The first-order valence-electron chi connectivity index (χ1n) is 9.00. The minimum atomic E-state index is -0.297. The topological polar surface area (TPSA) is 41.3 Å². The molecule has 144 valence electrons. The summed E-state index contributed by atoms with van der Waals surface area (Å²) < 4.78 is 20.3. The second kappa shape index (κ2) is 7.64. The molecule has 1 aromatic carbocycles. The van der Waals surface area contributed by atoms with Crippen LogP contribution < -0.4 is 5.32 Å². The van der Waals surface area contributed by atoms with Crippen molar-refractivity contribution in [1.82, 2.24) is 15.2 Å². The van der Waals surface area contributed by atoms with Gasteiger partial charge in [0.1, 0.15) is 23.4 Å². The average Bonchev–Trinajstić information content (AvgIpc) is 3.26. The zero-order chi connectivity index (χ0) is 19.8. The van der Waals surface area contributed by atoms with Gasteiger partial charge in [0, 0.05) is 22.3 Å². The van der Waals surface area contributed by atoms with Crippen LogP contribution in [0.1, 0.15) is 37.4 Å². The highest BCUT2D eigenvalue weighted by Crippen LogP contribution is 2.42. The second-order valence-corrected chi connectivity index (χ2v) is 8.19. The van der Waals surface area contributed by atoms with Crippen LogP contribution in [0, 0.1) is 5.82 Å². The molecule has 0 aliphatic carbocycles. The van der Waals surface area contributed by atoms with E-state index in [1.54, 1.807) is 12.3 Å². The third-order valence-electron chi connectivity index (χ3n) is 4.81. The maximum Gasteiger partial charge on any atom is 0.170 e. The number of furan rings is 1. The predicted molar refractivity (Wildman–Crippen MR) is 114 cm³/mol. The Hall–Kier alpha value is -2.25. The number of aromatic nitrogens is 1. The second-order valence-electron chi connectivity index (χ2n) is 6.95. The molecule has 1 fully saturated rings. The summed E-state index contributed by atoms with van der Waals surface area (Å²) in [6.07, 6.45) is 1.78. The first-order valence-corrected chi connectivity index (χ1v) is 10.2. The molecular formula is C21H19BrFN3OS. The smallest absolute Gasteiger partial charge is 0.170 e. The summed E-state index contributed by atoms with van der Waals surface area (Å²) in [6.45, 7) is 4.20. The molecule has 0 unspecified atom stereocenters. The highest BCUT2D eigenvalue weighted by molar-refractivity contribution is 9.10. The molecule has 3 aromatic rings. The lowest BCUT2D eigenvalue weighted by molar-refractivity contribution is 0.237. The molecule has 1 aliphatic heterocycles. The number of thiocarbonyl (C=S) groups is 1. The van der Waals surface area contributed by atoms with E-state index in [4.69, 9.17) is 16.6 Å². The van der Waals surface area contributed by atoms with Crippen LogP contribution in [0.2, 0.25) is 0 Å². The molecule has 0 radical (unpaired) electrons. The van der Waals surface area contributed by atoms with Crippen molar-refractivity contribution in [2.75, 3.05) is 0 Å². The Labute approximate surface area is 176 Å². The van der Waals surface area contributed by atoms with Crippen molar-refractivity contribution >= 4 is 33.3 Å². The van der Waals surface area contributed by atoms with Crippen molar-refractivity contribution in [2.24, 2.45) is 0 Å². The van der Waals surface area contributed by atoms with Crippen LogP contribution in [0.3, 0.4) is 0 Å². The van der Waals surface area contributed by atoms with Gasteiger partial charge in [-0.2, -0.15) is 0 Å². The molecule has 0 bridgehead atoms. The van der Waals surface area contributed by atoms with E-state index in [0.717, 1.165) is 17.0 Å². The quantitative estimate of drug-likeness (QED) is 0.512. The van der Waals surface area contributed by atoms with E-state index in [-0.39, 0.29) is 23.9 Å². The van der Waals surface area contributed by atoms with E-state index in [1.807, 2.05) is 30.3 Å². The van der Waals surface area contributed by atoms with Crippen molar-refractivity contribution in [1.29, 1.82) is 0 Å². The van der Waals surface area contributed by atoms with Gasteiger partial charge < -0.3 is 14.6 Å². The van der Waals surface area contributed by atoms with Gasteiger partial charge in [0.25, 0.3) is 0 Å². The average molecular weight is 460 g/mol. The van der Waals surface area contributed by atoms with Crippen molar-refractivity contribution < 1.29 is 8.81 Å². The molecule has 0 amide bonds. The number of rotatable bonds is 4. The minimum absolute atomic E-state index is 0.119. The maximum absolute atomic E-state index is 13.4. The normalized spacial score (nSPS) is 19.3. The molecule has 4 nitrogen and oxygen atoms in total. The molecule has 2 atom stereocenters. The van der Waals surface area contributed by atoms with Crippen molar-refractivity contribution in [2.45, 2.75) is 32.0 Å². The van der Waals surface area contributed by atoms with Crippen molar-refractivity contribution in [3.05, 3.63) is 76.5 Å². The number of hydrogen-bond donors (Lipinski definition) is 1. The molecule has 1 saturated heterocycles. The monoisotopic (exact) mass is 459 g/mol. The fourth-order valence-corrected chi connectivity index (χ4v) is 4.57. The predicted octanol–water partition coefficient (Wildman–Crippen LogP) is 5.62. The fraction of sp³-hybridized carbons (Fsp3) is 0.238. The fourth-order valence-electron chi connectivity index (χ4n) is 3.57. The summed E-state index contributed by atoms with van der Waals surface area (Å²) in [5.74, 6) is 1.15. The maximum atomic E-state index is 13.4. The van der Waals surface area contributed by atoms with Gasteiger partial charge in [-0.1, -0.05) is 6.07 Å². The van der Waals surface area contributed by atoms with Crippen LogP contribution in [0.4, 0.5) is 4.39 Å². The minimum Gasteiger partial charge on any atom is -0.459 e. The number of hydrogen-bond acceptors (Lipinski definition) is 3. The van der Waals surface area contributed by atoms with Crippen LogP contribution in [0.5, 0.6) is 0 Å². The first kappa shape index (κ1) is 19.1. The summed E-state index contributed by atoms with van der Waals surface area (Å²) in [7, 11) is 0. The third-order valence-corrected chi connectivity index (χ3v) is 5.79. The Kier molecular flexibility index (Phi) is 5.21. The molecule has 7 heteroatoms. The Morgan fingerprint density at radius 1 is 1.21 bits per heavy atom. The molecule has 0 spiro atoms. The third kappa shape index (κ3) is 3.44. The van der Waals surface area contributed by atoms with Gasteiger partial charge in [-0.05, 0) is 84.5 Å². The van der Waals surface area contributed by atoms with E-state index in [2.05, 4.69) is 45.0 Å². The molecule has 28 heavy (non-hydrogen) atoms. The van der Waals surface area contributed by atoms with Crippen LogP contribution in [0.15, 0.2) is 63.6 Å². The Bertz CT molecular complexity index is 1010. The van der Waals surface area contributed by atoms with E-state index < -0.39 is 0 Å². The standard InChI is InChI=1S/C21H19BrFN3OS/c1-12(2)26-20(19(25-21(26)28)16-5-3-4-10-24-16)18-9-8-17(27-18)14-7-6-13(23)11-15(14)22/h3-12,19-20H,1-2H3,(H,25,28)/t19-,20+/m0/s1. The summed E-state index contributed by atoms with van der Waals surface area (Å²) in [5.41, 5.74) is 1.70. The number of nitrogens with one attached hydrogen (secondary N) is 1. The summed E-state index contributed by atoms with van der Waals surface area (Å²) in [5, 5.41) is 4.07. The lowest BCUT2D eigenvalue weighted by Gasteiger charge is -2.29. The summed E-state index contributed by atoms with van der Waals surface area (Å²) in [6, 6.07) is 14.2. The molecule has 4 rings (SSSR count). The Morgan fingerprint density at radius 2 is 2.04 bits per heavy atom. The van der Waals surface area contributed by atoms with Gasteiger partial charge >= 0.3 is 0 Å². The van der Waals surface area contributed by atoms with Gasteiger partial charge in [-0.3, -0.25) is 4.98 Å². The Balaban J connectivity index is 1.76. The molecule has 1 N–H and O–H groups in total. The van der Waals surface area contributed by atoms with Crippen LogP contribution in [-0.2, 0) is 0 Å². The zero-order valence-electron chi connectivity index (χ0n) is 15.4. The highest BCUT2D eigenvalue weighted by atomic mass is 79.9. The number of pyridine rings is 1. The molecule has 2 aromatic heterocycles. The Morgan fingerprint density at radius 3 is 2.71 bits per heavy atom. The van der Waals surface area contributed by atoms with Crippen LogP contribution in [-0.4, -0.2) is 21.0 Å². The van der Waals surface area contributed by atoms with Gasteiger partial charge in [-0.25, -0.2) is 4.39 Å². The summed E-state index contributed by atoms with van der Waals surface area (Å²) in [4.78, 5) is 6.65. The van der Waals surface area contributed by atoms with Crippen molar-refractivity contribution in [3.8, 4) is 11.3 Å². The first-order chi connectivity index (χ1) is 13.5.